The van der Waals surface area contributed by atoms with E-state index in [1.165, 1.54) is 24.1 Å². The smallest absolute Gasteiger partial charge is 0.264 e. The molecule has 0 radical (unpaired) electrons. The van der Waals surface area contributed by atoms with Crippen molar-refractivity contribution < 1.29 is 22.7 Å². The number of carbonyl (C=O) groups is 2. The summed E-state index contributed by atoms with van der Waals surface area (Å²) in [6.07, 6.45) is 0.340. The van der Waals surface area contributed by atoms with Gasteiger partial charge in [0.15, 0.2) is 0 Å². The Bertz CT molecular complexity index is 1360. The maximum atomic E-state index is 13.9. The fourth-order valence-electron chi connectivity index (χ4n) is 4.15. The van der Waals surface area contributed by atoms with E-state index in [0.717, 1.165) is 9.87 Å². The molecule has 0 saturated heterocycles. The van der Waals surface area contributed by atoms with Crippen LogP contribution in [0.4, 0.5) is 5.69 Å². The first kappa shape index (κ1) is 29.0. The summed E-state index contributed by atoms with van der Waals surface area (Å²) in [5.74, 6) is -0.206. The lowest BCUT2D eigenvalue weighted by atomic mass is 10.1. The number of carbonyl (C=O) groups excluding carboxylic acids is 2. The van der Waals surface area contributed by atoms with Crippen molar-refractivity contribution in [3.8, 4) is 5.75 Å². The minimum absolute atomic E-state index is 0.0437. The number of nitrogens with zero attached hydrogens (tertiary/aromatic N) is 2. The molecular formula is C28H32ClN3O5S. The van der Waals surface area contributed by atoms with Gasteiger partial charge >= 0.3 is 0 Å². The molecule has 3 rings (SSSR count). The number of methoxy groups -OCH3 is 1. The molecule has 0 bridgehead atoms. The zero-order valence-corrected chi connectivity index (χ0v) is 23.4. The van der Waals surface area contributed by atoms with Crippen LogP contribution in [0, 0.1) is 6.92 Å². The van der Waals surface area contributed by atoms with Crippen molar-refractivity contribution in [3.05, 3.63) is 88.9 Å². The predicted molar refractivity (Wildman–Crippen MR) is 149 cm³/mol. The Kier molecular flexibility index (Phi) is 9.77. The lowest BCUT2D eigenvalue weighted by molar-refractivity contribution is -0.140. The molecule has 0 heterocycles. The Balaban J connectivity index is 2.07. The number of ether oxygens (including phenoxy) is 1. The highest BCUT2D eigenvalue weighted by molar-refractivity contribution is 7.92. The molecular weight excluding hydrogens is 526 g/mol. The SMILES string of the molecule is CC[C@H](C(=O)NC)N(Cc1ccc(OC)cc1)C(=O)CN(c1ccc(Cl)cc1C)S(=O)(=O)c1ccccc1. The molecule has 0 aliphatic carbocycles. The highest BCUT2D eigenvalue weighted by atomic mass is 35.5. The number of aryl methyl sites for hydroxylation is 1. The summed E-state index contributed by atoms with van der Waals surface area (Å²) in [7, 11) is -1.07. The standard InChI is InChI=1S/C28H32ClN3O5S/c1-5-25(28(34)30-3)31(18-21-11-14-23(37-4)15-12-21)27(33)19-32(26-16-13-22(29)17-20(26)2)38(35,36)24-9-7-6-8-10-24/h6-17,25H,5,18-19H2,1-4H3,(H,30,34)/t25-/m1/s1. The summed E-state index contributed by atoms with van der Waals surface area (Å²) in [6.45, 7) is 3.13. The topological polar surface area (TPSA) is 96.0 Å². The van der Waals surface area contributed by atoms with E-state index in [2.05, 4.69) is 5.32 Å². The minimum Gasteiger partial charge on any atom is -0.497 e. The van der Waals surface area contributed by atoms with Crippen molar-refractivity contribution in [2.45, 2.75) is 37.8 Å². The zero-order valence-electron chi connectivity index (χ0n) is 21.8. The van der Waals surface area contributed by atoms with Crippen LogP contribution in [0.1, 0.15) is 24.5 Å². The Labute approximate surface area is 229 Å². The Morgan fingerprint density at radius 1 is 1.03 bits per heavy atom. The van der Waals surface area contributed by atoms with Gasteiger partial charge in [0.2, 0.25) is 11.8 Å². The van der Waals surface area contributed by atoms with Crippen molar-refractivity contribution in [1.29, 1.82) is 0 Å². The number of halogens is 1. The van der Waals surface area contributed by atoms with Crippen molar-refractivity contribution in [3.63, 3.8) is 0 Å². The molecule has 0 spiro atoms. The maximum Gasteiger partial charge on any atom is 0.264 e. The van der Waals surface area contributed by atoms with Gasteiger partial charge in [-0.25, -0.2) is 8.42 Å². The van der Waals surface area contributed by atoms with E-state index >= 15 is 0 Å². The van der Waals surface area contributed by atoms with Gasteiger partial charge in [0, 0.05) is 18.6 Å². The van der Waals surface area contributed by atoms with Crippen molar-refractivity contribution in [1.82, 2.24) is 10.2 Å². The number of amides is 2. The zero-order chi connectivity index (χ0) is 27.9. The van der Waals surface area contributed by atoms with E-state index in [1.54, 1.807) is 81.6 Å². The van der Waals surface area contributed by atoms with Crippen LogP contribution in [0.15, 0.2) is 77.7 Å². The van der Waals surface area contributed by atoms with Gasteiger partial charge in [-0.2, -0.15) is 0 Å². The fourth-order valence-corrected chi connectivity index (χ4v) is 5.87. The number of hydrogen-bond donors (Lipinski definition) is 1. The average Bonchev–Trinajstić information content (AvgIpc) is 2.92. The van der Waals surface area contributed by atoms with E-state index in [0.29, 0.717) is 28.4 Å². The molecule has 0 aliphatic heterocycles. The van der Waals surface area contributed by atoms with E-state index < -0.39 is 28.5 Å². The highest BCUT2D eigenvalue weighted by Crippen LogP contribution is 2.29. The van der Waals surface area contributed by atoms with Crippen LogP contribution in [0.3, 0.4) is 0 Å². The first-order valence-electron chi connectivity index (χ1n) is 12.1. The van der Waals surface area contributed by atoms with Gasteiger partial charge in [-0.3, -0.25) is 13.9 Å². The monoisotopic (exact) mass is 557 g/mol. The lowest BCUT2D eigenvalue weighted by Gasteiger charge is -2.33. The second-order valence-electron chi connectivity index (χ2n) is 8.66. The maximum absolute atomic E-state index is 13.9. The summed E-state index contributed by atoms with van der Waals surface area (Å²) >= 11 is 6.14. The van der Waals surface area contributed by atoms with Gasteiger partial charge in [0.05, 0.1) is 17.7 Å². The summed E-state index contributed by atoms with van der Waals surface area (Å²) in [5.41, 5.74) is 1.68. The van der Waals surface area contributed by atoms with Gasteiger partial charge < -0.3 is 15.0 Å². The van der Waals surface area contributed by atoms with E-state index in [-0.39, 0.29) is 17.3 Å². The fraction of sp³-hybridized carbons (Fsp3) is 0.286. The van der Waals surface area contributed by atoms with E-state index in [9.17, 15) is 18.0 Å². The second kappa shape index (κ2) is 12.8. The number of benzene rings is 3. The van der Waals surface area contributed by atoms with Crippen LogP contribution in [-0.2, 0) is 26.2 Å². The molecule has 38 heavy (non-hydrogen) atoms. The molecule has 0 saturated carbocycles. The normalized spacial score (nSPS) is 11.9. The lowest BCUT2D eigenvalue weighted by Crippen LogP contribution is -2.51. The van der Waals surface area contributed by atoms with Gasteiger partial charge in [-0.1, -0.05) is 48.9 Å². The molecule has 0 unspecified atom stereocenters. The molecule has 0 aliphatic rings. The molecule has 8 nitrogen and oxygen atoms in total. The van der Waals surface area contributed by atoms with Crippen molar-refractivity contribution in [2.75, 3.05) is 25.0 Å². The summed E-state index contributed by atoms with van der Waals surface area (Å²) < 4.78 is 33.9. The van der Waals surface area contributed by atoms with Crippen LogP contribution in [0.25, 0.3) is 0 Å². The summed E-state index contributed by atoms with van der Waals surface area (Å²) in [4.78, 5) is 28.2. The molecule has 1 atom stereocenters. The van der Waals surface area contributed by atoms with E-state index in [1.807, 2.05) is 0 Å². The highest BCUT2D eigenvalue weighted by Gasteiger charge is 2.33. The van der Waals surface area contributed by atoms with Gasteiger partial charge in [-0.15, -0.1) is 0 Å². The first-order chi connectivity index (χ1) is 18.1. The van der Waals surface area contributed by atoms with Crippen LogP contribution >= 0.6 is 11.6 Å². The molecule has 0 fully saturated rings. The second-order valence-corrected chi connectivity index (χ2v) is 11.0. The average molecular weight is 558 g/mol. The predicted octanol–water partition coefficient (Wildman–Crippen LogP) is 4.41. The van der Waals surface area contributed by atoms with Gasteiger partial charge in [-0.05, 0) is 66.9 Å². The van der Waals surface area contributed by atoms with E-state index in [4.69, 9.17) is 16.3 Å². The van der Waals surface area contributed by atoms with Crippen LogP contribution in [0.2, 0.25) is 5.02 Å². The van der Waals surface area contributed by atoms with Crippen molar-refractivity contribution in [2.24, 2.45) is 0 Å². The third-order valence-electron chi connectivity index (χ3n) is 6.18. The number of likely N-dealkylation sites (N-methyl/N-ethyl adjacent to an activating group) is 1. The third-order valence-corrected chi connectivity index (χ3v) is 8.19. The number of anilines is 1. The quantitative estimate of drug-likeness (QED) is 0.377. The number of nitrogens with one attached hydrogen (secondary N) is 1. The van der Waals surface area contributed by atoms with Crippen molar-refractivity contribution >= 4 is 39.1 Å². The molecule has 3 aromatic rings. The third kappa shape index (κ3) is 6.65. The molecule has 10 heteroatoms. The Hall–Kier alpha value is -3.56. The van der Waals surface area contributed by atoms with Gasteiger partial charge in [0.25, 0.3) is 10.0 Å². The Morgan fingerprint density at radius 3 is 2.24 bits per heavy atom. The number of rotatable bonds is 11. The molecule has 2 amide bonds. The summed E-state index contributed by atoms with van der Waals surface area (Å²) in [6, 6.07) is 19.1. The molecule has 1 N–H and O–H groups in total. The van der Waals surface area contributed by atoms with Gasteiger partial charge in [0.1, 0.15) is 18.3 Å². The van der Waals surface area contributed by atoms with Crippen LogP contribution < -0.4 is 14.4 Å². The largest absolute Gasteiger partial charge is 0.497 e. The summed E-state index contributed by atoms with van der Waals surface area (Å²) in [5, 5.41) is 3.06. The first-order valence-corrected chi connectivity index (χ1v) is 13.9. The number of sulfonamides is 1. The number of hydrogen-bond acceptors (Lipinski definition) is 5. The Morgan fingerprint density at radius 2 is 1.68 bits per heavy atom. The van der Waals surface area contributed by atoms with Crippen LogP contribution in [-0.4, -0.2) is 51.9 Å². The van der Waals surface area contributed by atoms with Crippen LogP contribution in [0.5, 0.6) is 5.75 Å². The molecule has 3 aromatic carbocycles. The molecule has 0 aromatic heterocycles. The molecule has 202 valence electrons. The minimum atomic E-state index is -4.13.